The van der Waals surface area contributed by atoms with Crippen molar-refractivity contribution in [2.75, 3.05) is 0 Å². The fraction of sp³-hybridized carbons (Fsp3) is 0.0625. The van der Waals surface area contributed by atoms with Crippen LogP contribution < -0.4 is 0 Å². The van der Waals surface area contributed by atoms with Crippen LogP contribution in [-0.4, -0.2) is 15.0 Å². The van der Waals surface area contributed by atoms with Crippen LogP contribution in [-0.2, 0) is 5.41 Å². The predicted octanol–water partition coefficient (Wildman–Crippen LogP) is 12.2. The van der Waals surface area contributed by atoms with E-state index in [1.165, 1.54) is 44.5 Å². The van der Waals surface area contributed by atoms with E-state index in [4.69, 9.17) is 9.97 Å². The monoisotopic (exact) mass is 653 g/mol. The molecular formula is C48H35N3. The lowest BCUT2D eigenvalue weighted by atomic mass is 9.79. The van der Waals surface area contributed by atoms with Gasteiger partial charge >= 0.3 is 0 Å². The average Bonchev–Trinajstić information content (AvgIpc) is 3.45. The Labute approximate surface area is 299 Å². The number of benzene rings is 6. The Morgan fingerprint density at radius 2 is 0.902 bits per heavy atom. The fourth-order valence-corrected chi connectivity index (χ4v) is 7.59. The van der Waals surface area contributed by atoms with Gasteiger partial charge in [-0.2, -0.15) is 0 Å². The molecule has 2 heterocycles. The molecule has 0 unspecified atom stereocenters. The molecule has 1 aliphatic rings. The molecule has 0 amide bonds. The minimum atomic E-state index is -0.0831. The van der Waals surface area contributed by atoms with Crippen molar-refractivity contribution < 1.29 is 0 Å². The summed E-state index contributed by atoms with van der Waals surface area (Å²) in [4.78, 5) is 14.6. The van der Waals surface area contributed by atoms with Crippen molar-refractivity contribution in [3.63, 3.8) is 0 Å². The lowest BCUT2D eigenvalue weighted by molar-refractivity contribution is 0.662. The summed E-state index contributed by atoms with van der Waals surface area (Å²) in [6.45, 7) is 4.68. The van der Waals surface area contributed by atoms with Gasteiger partial charge in [-0.15, -0.1) is 0 Å². The molecule has 6 aromatic carbocycles. The maximum atomic E-state index is 5.15. The first-order valence-corrected chi connectivity index (χ1v) is 17.4. The second-order valence-electron chi connectivity index (χ2n) is 13.7. The molecule has 2 aromatic heterocycles. The van der Waals surface area contributed by atoms with Crippen LogP contribution in [0.2, 0.25) is 0 Å². The Balaban J connectivity index is 1.11. The van der Waals surface area contributed by atoms with E-state index in [9.17, 15) is 0 Å². The summed E-state index contributed by atoms with van der Waals surface area (Å²) >= 11 is 0. The van der Waals surface area contributed by atoms with Gasteiger partial charge in [0.05, 0.1) is 11.4 Å². The zero-order chi connectivity index (χ0) is 34.4. The van der Waals surface area contributed by atoms with E-state index < -0.39 is 0 Å². The highest BCUT2D eigenvalue weighted by Crippen LogP contribution is 2.52. The summed E-state index contributed by atoms with van der Waals surface area (Å²) in [6, 6.07) is 58.1. The number of aromatic nitrogens is 3. The van der Waals surface area contributed by atoms with Gasteiger partial charge in [-0.1, -0.05) is 166 Å². The van der Waals surface area contributed by atoms with Crippen LogP contribution in [0.25, 0.3) is 78.4 Å². The van der Waals surface area contributed by atoms with Crippen LogP contribution in [0.15, 0.2) is 176 Å². The highest BCUT2D eigenvalue weighted by atomic mass is 14.9. The molecule has 0 N–H and O–H groups in total. The van der Waals surface area contributed by atoms with Gasteiger partial charge < -0.3 is 0 Å². The maximum Gasteiger partial charge on any atom is 0.160 e. The summed E-state index contributed by atoms with van der Waals surface area (Å²) in [5.41, 5.74) is 17.2. The summed E-state index contributed by atoms with van der Waals surface area (Å²) in [5, 5.41) is 0. The number of rotatable bonds is 6. The second kappa shape index (κ2) is 12.5. The Morgan fingerprint density at radius 3 is 1.57 bits per heavy atom. The van der Waals surface area contributed by atoms with Crippen LogP contribution in [0.3, 0.4) is 0 Å². The highest BCUT2D eigenvalue weighted by molar-refractivity contribution is 5.88. The first-order valence-electron chi connectivity index (χ1n) is 17.4. The van der Waals surface area contributed by atoms with Crippen LogP contribution in [0.5, 0.6) is 0 Å². The van der Waals surface area contributed by atoms with Gasteiger partial charge in [0.1, 0.15) is 0 Å². The normalized spacial score (nSPS) is 12.7. The summed E-state index contributed by atoms with van der Waals surface area (Å²) in [6.07, 6.45) is 3.68. The fourth-order valence-electron chi connectivity index (χ4n) is 7.59. The van der Waals surface area contributed by atoms with Crippen molar-refractivity contribution in [2.45, 2.75) is 19.3 Å². The zero-order valence-corrected chi connectivity index (χ0v) is 28.6. The molecule has 51 heavy (non-hydrogen) atoms. The van der Waals surface area contributed by atoms with Gasteiger partial charge in [-0.3, -0.25) is 4.98 Å². The van der Waals surface area contributed by atoms with E-state index >= 15 is 0 Å². The number of nitrogens with zero attached hydrogens (tertiary/aromatic N) is 3. The van der Waals surface area contributed by atoms with Gasteiger partial charge in [0, 0.05) is 34.5 Å². The molecule has 242 valence electrons. The molecule has 0 bridgehead atoms. The third-order valence-corrected chi connectivity index (χ3v) is 10.2. The van der Waals surface area contributed by atoms with E-state index in [2.05, 4.69) is 170 Å². The van der Waals surface area contributed by atoms with Crippen molar-refractivity contribution >= 4 is 0 Å². The van der Waals surface area contributed by atoms with Gasteiger partial charge in [-0.05, 0) is 67.8 Å². The topological polar surface area (TPSA) is 38.7 Å². The third kappa shape index (κ3) is 5.53. The molecule has 9 rings (SSSR count). The van der Waals surface area contributed by atoms with Crippen LogP contribution >= 0.6 is 0 Å². The van der Waals surface area contributed by atoms with Crippen molar-refractivity contribution in [1.82, 2.24) is 15.0 Å². The molecule has 3 heteroatoms. The molecule has 0 radical (unpaired) electrons. The van der Waals surface area contributed by atoms with E-state index in [0.717, 1.165) is 39.2 Å². The Kier molecular flexibility index (Phi) is 7.48. The van der Waals surface area contributed by atoms with Crippen molar-refractivity contribution in [3.8, 4) is 78.4 Å². The van der Waals surface area contributed by atoms with Crippen molar-refractivity contribution in [1.29, 1.82) is 0 Å². The van der Waals surface area contributed by atoms with Gasteiger partial charge in [-0.25, -0.2) is 9.97 Å². The van der Waals surface area contributed by atoms with Gasteiger partial charge in [0.15, 0.2) is 5.82 Å². The number of hydrogen-bond donors (Lipinski definition) is 0. The van der Waals surface area contributed by atoms with E-state index in [-0.39, 0.29) is 5.41 Å². The van der Waals surface area contributed by atoms with Crippen LogP contribution in [0.4, 0.5) is 0 Å². The second-order valence-corrected chi connectivity index (χ2v) is 13.7. The van der Waals surface area contributed by atoms with Crippen molar-refractivity contribution in [2.24, 2.45) is 0 Å². The number of hydrogen-bond acceptors (Lipinski definition) is 3. The summed E-state index contributed by atoms with van der Waals surface area (Å²) in [7, 11) is 0. The van der Waals surface area contributed by atoms with E-state index in [1.54, 1.807) is 6.20 Å². The predicted molar refractivity (Wildman–Crippen MR) is 210 cm³/mol. The SMILES string of the molecule is CC1(C)c2ccccc2-c2cccc(-c3ccc(-c4cc(-c5ccc(-c6ccccc6)cc5)nc(-c5ccc(-c6cccnc6)cc5)n4)cc3)c21. The minimum Gasteiger partial charge on any atom is -0.264 e. The molecule has 0 saturated heterocycles. The Hall–Kier alpha value is -6.45. The first-order chi connectivity index (χ1) is 25.0. The third-order valence-electron chi connectivity index (χ3n) is 10.2. The number of fused-ring (bicyclic) bond motifs is 3. The highest BCUT2D eigenvalue weighted by Gasteiger charge is 2.37. The quantitative estimate of drug-likeness (QED) is 0.179. The minimum absolute atomic E-state index is 0.0831. The molecular weight excluding hydrogens is 619 g/mol. The van der Waals surface area contributed by atoms with Gasteiger partial charge in [0.25, 0.3) is 0 Å². The lowest BCUT2D eigenvalue weighted by Crippen LogP contribution is -2.16. The molecule has 0 atom stereocenters. The molecule has 1 aliphatic carbocycles. The summed E-state index contributed by atoms with van der Waals surface area (Å²) in [5.74, 6) is 0.692. The Morgan fingerprint density at radius 1 is 0.392 bits per heavy atom. The van der Waals surface area contributed by atoms with E-state index in [1.807, 2.05) is 18.3 Å². The van der Waals surface area contributed by atoms with Crippen LogP contribution in [0, 0.1) is 0 Å². The largest absolute Gasteiger partial charge is 0.264 e. The molecule has 3 nitrogen and oxygen atoms in total. The Bertz CT molecular complexity index is 2400. The van der Waals surface area contributed by atoms with Crippen LogP contribution in [0.1, 0.15) is 25.0 Å². The molecule has 0 saturated carbocycles. The van der Waals surface area contributed by atoms with Crippen molar-refractivity contribution in [3.05, 3.63) is 187 Å². The standard InChI is InChI=1S/C48H35N3/c1-48(2)43-16-7-6-13-41(43)42-15-8-14-40(46(42)48)35-21-25-37(26-22-35)45-30-44(36-23-17-33(18-24-36)32-10-4-3-5-11-32)50-47(51-45)38-27-19-34(20-28-38)39-12-9-29-49-31-39/h3-31H,1-2H3. The smallest absolute Gasteiger partial charge is 0.160 e. The average molecular weight is 654 g/mol. The van der Waals surface area contributed by atoms with Gasteiger partial charge in [0.2, 0.25) is 0 Å². The summed E-state index contributed by atoms with van der Waals surface area (Å²) < 4.78 is 0. The molecule has 0 spiro atoms. The lowest BCUT2D eigenvalue weighted by Gasteiger charge is -2.24. The first kappa shape index (κ1) is 30.6. The molecule has 8 aromatic rings. The zero-order valence-electron chi connectivity index (χ0n) is 28.6. The molecule has 0 fully saturated rings. The molecule has 0 aliphatic heterocycles. The maximum absolute atomic E-state index is 5.15. The van der Waals surface area contributed by atoms with E-state index in [0.29, 0.717) is 5.82 Å². The number of pyridine rings is 1.